The van der Waals surface area contributed by atoms with Gasteiger partial charge in [-0.3, -0.25) is 0 Å². The number of carbonyl (C=O) groups excluding carboxylic acids is 3. The van der Waals surface area contributed by atoms with Gasteiger partial charge in [0.15, 0.2) is 0 Å². The van der Waals surface area contributed by atoms with Crippen LogP contribution in [0.5, 0.6) is 5.75 Å². The Balaban J connectivity index is 2.35. The van der Waals surface area contributed by atoms with E-state index in [1.807, 2.05) is 0 Å². The third kappa shape index (κ3) is 4.34. The molecule has 0 unspecified atom stereocenters. The van der Waals surface area contributed by atoms with Crippen LogP contribution in [0.3, 0.4) is 0 Å². The van der Waals surface area contributed by atoms with Gasteiger partial charge in [-0.1, -0.05) is 42.5 Å². The predicted molar refractivity (Wildman–Crippen MR) is 117 cm³/mol. The first kappa shape index (κ1) is 24.0. The summed E-state index contributed by atoms with van der Waals surface area (Å²) < 4.78 is 27.1. The van der Waals surface area contributed by atoms with Crippen molar-refractivity contribution in [3.63, 3.8) is 0 Å². The second kappa shape index (κ2) is 10.3. The van der Waals surface area contributed by atoms with Crippen molar-refractivity contribution >= 4 is 17.9 Å². The van der Waals surface area contributed by atoms with E-state index in [1.54, 1.807) is 68.4 Å². The molecule has 33 heavy (non-hydrogen) atoms. The van der Waals surface area contributed by atoms with Gasteiger partial charge < -0.3 is 23.7 Å². The summed E-state index contributed by atoms with van der Waals surface area (Å²) >= 11 is 0. The molecule has 0 radical (unpaired) electrons. The second-order valence-corrected chi connectivity index (χ2v) is 7.04. The van der Waals surface area contributed by atoms with Crippen LogP contribution in [0.25, 0.3) is 0 Å². The molecule has 0 saturated heterocycles. The molecule has 8 heteroatoms. The molecule has 0 aliphatic carbocycles. The van der Waals surface area contributed by atoms with E-state index in [0.29, 0.717) is 16.9 Å². The zero-order chi connectivity index (χ0) is 24.0. The van der Waals surface area contributed by atoms with Crippen LogP contribution < -0.4 is 4.74 Å². The van der Waals surface area contributed by atoms with E-state index < -0.39 is 29.6 Å². The lowest BCUT2D eigenvalue weighted by molar-refractivity contribution is -0.170. The third-order valence-corrected chi connectivity index (χ3v) is 5.22. The quantitative estimate of drug-likeness (QED) is 0.443. The molecule has 0 saturated carbocycles. The molecular formula is C25H26O8. The number of carbonyl (C=O) groups is 3. The molecule has 0 fully saturated rings. The Bertz CT molecular complexity index is 1040. The number of hydrogen-bond donors (Lipinski definition) is 0. The van der Waals surface area contributed by atoms with Crippen molar-refractivity contribution in [2.75, 3.05) is 27.4 Å². The fourth-order valence-corrected chi connectivity index (χ4v) is 3.80. The van der Waals surface area contributed by atoms with E-state index in [1.165, 1.54) is 14.2 Å². The van der Waals surface area contributed by atoms with Crippen LogP contribution >= 0.6 is 0 Å². The lowest BCUT2D eigenvalue weighted by Crippen LogP contribution is -2.42. The standard InChI is InChI=1S/C25H26O8/c1-5-31-22(26)19-20(23(27)32-6-2)25(24(28)30-4,17-10-8-7-9-11-17)33-21(19)16-12-14-18(29-3)15-13-16/h7-15,21H,5-6H2,1-4H3/t21-,25+/m0/s1. The zero-order valence-electron chi connectivity index (χ0n) is 19.0. The van der Waals surface area contributed by atoms with Crippen molar-refractivity contribution in [3.05, 3.63) is 76.9 Å². The Hall–Kier alpha value is -3.65. The van der Waals surface area contributed by atoms with Crippen LogP contribution in [-0.2, 0) is 38.9 Å². The first-order chi connectivity index (χ1) is 15.9. The lowest BCUT2D eigenvalue weighted by atomic mass is 9.84. The maximum Gasteiger partial charge on any atom is 0.347 e. The molecule has 2 atom stereocenters. The highest BCUT2D eigenvalue weighted by Gasteiger charge is 2.60. The fourth-order valence-electron chi connectivity index (χ4n) is 3.80. The highest BCUT2D eigenvalue weighted by Crippen LogP contribution is 2.51. The Morgan fingerprint density at radius 3 is 2.03 bits per heavy atom. The predicted octanol–water partition coefficient (Wildman–Crippen LogP) is 3.26. The summed E-state index contributed by atoms with van der Waals surface area (Å²) in [5, 5.41) is 0. The number of rotatable bonds is 8. The van der Waals surface area contributed by atoms with Crippen LogP contribution in [0.4, 0.5) is 0 Å². The van der Waals surface area contributed by atoms with Crippen molar-refractivity contribution in [3.8, 4) is 5.75 Å². The number of hydrogen-bond acceptors (Lipinski definition) is 8. The van der Waals surface area contributed by atoms with Gasteiger partial charge >= 0.3 is 17.9 Å². The van der Waals surface area contributed by atoms with Crippen molar-refractivity contribution in [2.24, 2.45) is 0 Å². The van der Waals surface area contributed by atoms with Crippen LogP contribution in [0, 0.1) is 0 Å². The summed E-state index contributed by atoms with van der Waals surface area (Å²) in [7, 11) is 2.71. The molecule has 3 rings (SSSR count). The lowest BCUT2D eigenvalue weighted by Gasteiger charge is -2.29. The minimum absolute atomic E-state index is 0.0255. The molecule has 0 bridgehead atoms. The molecule has 1 aliphatic heterocycles. The molecular weight excluding hydrogens is 428 g/mol. The van der Waals surface area contributed by atoms with Gasteiger partial charge in [-0.15, -0.1) is 0 Å². The Kier molecular flexibility index (Phi) is 7.50. The molecule has 0 aromatic heterocycles. The van der Waals surface area contributed by atoms with Crippen molar-refractivity contribution in [2.45, 2.75) is 25.6 Å². The largest absolute Gasteiger partial charge is 0.497 e. The second-order valence-electron chi connectivity index (χ2n) is 7.04. The number of esters is 3. The van der Waals surface area contributed by atoms with Gasteiger partial charge in [0.2, 0.25) is 5.60 Å². The Morgan fingerprint density at radius 2 is 1.48 bits per heavy atom. The Morgan fingerprint density at radius 1 is 0.879 bits per heavy atom. The van der Waals surface area contributed by atoms with Gasteiger partial charge in [-0.2, -0.15) is 0 Å². The molecule has 0 N–H and O–H groups in total. The third-order valence-electron chi connectivity index (χ3n) is 5.22. The minimum atomic E-state index is -2.03. The van der Waals surface area contributed by atoms with Gasteiger partial charge in [-0.25, -0.2) is 14.4 Å². The van der Waals surface area contributed by atoms with Crippen LogP contribution in [-0.4, -0.2) is 45.3 Å². The highest BCUT2D eigenvalue weighted by atomic mass is 16.6. The molecule has 8 nitrogen and oxygen atoms in total. The van der Waals surface area contributed by atoms with Crippen LogP contribution in [0.15, 0.2) is 65.7 Å². The van der Waals surface area contributed by atoms with Gasteiger partial charge in [-0.05, 0) is 37.1 Å². The monoisotopic (exact) mass is 454 g/mol. The topological polar surface area (TPSA) is 97.4 Å². The molecule has 2 aromatic rings. The summed E-state index contributed by atoms with van der Waals surface area (Å²) in [6.45, 7) is 3.36. The summed E-state index contributed by atoms with van der Waals surface area (Å²) in [6.07, 6.45) is -1.10. The van der Waals surface area contributed by atoms with Gasteiger partial charge in [0, 0.05) is 0 Å². The Labute approximate surface area is 192 Å². The smallest absolute Gasteiger partial charge is 0.347 e. The number of methoxy groups -OCH3 is 2. The van der Waals surface area contributed by atoms with E-state index in [9.17, 15) is 14.4 Å². The van der Waals surface area contributed by atoms with Crippen LogP contribution in [0.2, 0.25) is 0 Å². The average molecular weight is 454 g/mol. The van der Waals surface area contributed by atoms with E-state index in [2.05, 4.69) is 0 Å². The molecule has 1 aliphatic rings. The molecule has 0 amide bonds. The van der Waals surface area contributed by atoms with E-state index in [-0.39, 0.29) is 24.4 Å². The van der Waals surface area contributed by atoms with E-state index in [0.717, 1.165) is 0 Å². The molecule has 174 valence electrons. The summed E-state index contributed by atoms with van der Waals surface area (Å²) in [5.41, 5.74) is -1.58. The summed E-state index contributed by atoms with van der Waals surface area (Å²) in [6, 6.07) is 15.1. The normalized spacial score (nSPS) is 19.7. The molecule has 0 spiro atoms. The fraction of sp³-hybridized carbons (Fsp3) is 0.320. The minimum Gasteiger partial charge on any atom is -0.497 e. The maximum absolute atomic E-state index is 13.3. The first-order valence-electron chi connectivity index (χ1n) is 10.5. The summed E-state index contributed by atoms with van der Waals surface area (Å²) in [5.74, 6) is -1.94. The van der Waals surface area contributed by atoms with Gasteiger partial charge in [0.25, 0.3) is 0 Å². The van der Waals surface area contributed by atoms with Crippen molar-refractivity contribution in [1.82, 2.24) is 0 Å². The number of ether oxygens (including phenoxy) is 5. The highest BCUT2D eigenvalue weighted by molar-refractivity contribution is 6.09. The molecule has 2 aromatic carbocycles. The number of benzene rings is 2. The molecule has 1 heterocycles. The SMILES string of the molecule is CCOC(=O)C1=C(C(=O)OCC)[C@@](C(=O)OC)(c2ccccc2)O[C@H]1c1ccc(OC)cc1. The van der Waals surface area contributed by atoms with E-state index >= 15 is 0 Å². The van der Waals surface area contributed by atoms with Gasteiger partial charge in [0.05, 0.1) is 38.6 Å². The summed E-state index contributed by atoms with van der Waals surface area (Å²) in [4.78, 5) is 39.7. The zero-order valence-corrected chi connectivity index (χ0v) is 19.0. The van der Waals surface area contributed by atoms with E-state index in [4.69, 9.17) is 23.7 Å². The van der Waals surface area contributed by atoms with Gasteiger partial charge in [0.1, 0.15) is 11.9 Å². The van der Waals surface area contributed by atoms with Crippen molar-refractivity contribution in [1.29, 1.82) is 0 Å². The first-order valence-corrected chi connectivity index (χ1v) is 10.5. The van der Waals surface area contributed by atoms with Crippen LogP contribution in [0.1, 0.15) is 31.1 Å². The van der Waals surface area contributed by atoms with Crippen molar-refractivity contribution < 1.29 is 38.1 Å². The maximum atomic E-state index is 13.3. The average Bonchev–Trinajstić information content (AvgIpc) is 3.22.